The number of nitrogens with zero attached hydrogens (tertiary/aromatic N) is 3. The van der Waals surface area contributed by atoms with Gasteiger partial charge in [-0.3, -0.25) is 4.79 Å². The number of unbranched alkanes of at least 4 members (excludes halogenated alkanes) is 1. The molecule has 0 saturated carbocycles. The van der Waals surface area contributed by atoms with E-state index in [2.05, 4.69) is 28.0 Å². The van der Waals surface area contributed by atoms with Gasteiger partial charge >= 0.3 is 0 Å². The third-order valence-electron chi connectivity index (χ3n) is 6.15. The molecule has 7 heteroatoms. The van der Waals surface area contributed by atoms with E-state index in [1.165, 1.54) is 16.8 Å². The Morgan fingerprint density at radius 1 is 1.03 bits per heavy atom. The summed E-state index contributed by atoms with van der Waals surface area (Å²) in [5.41, 5.74) is 1.88. The third-order valence-corrected chi connectivity index (χ3v) is 6.64. The maximum Gasteiger partial charge on any atom is 0.282 e. The van der Waals surface area contributed by atoms with Gasteiger partial charge in [-0.1, -0.05) is 71.7 Å². The Balaban J connectivity index is 1.61. The number of ether oxygens (including phenoxy) is 1. The average Bonchev–Trinajstić information content (AvgIpc) is 2.91. The minimum absolute atomic E-state index is 0.199. The number of rotatable bonds is 8. The molecule has 0 aliphatic rings. The predicted octanol–water partition coefficient (Wildman–Crippen LogP) is 7.26. The number of hydrogen-bond donors (Lipinski definition) is 0. The third kappa shape index (κ3) is 5.47. The predicted molar refractivity (Wildman–Crippen MR) is 150 cm³/mol. The molecule has 5 rings (SSSR count). The van der Waals surface area contributed by atoms with Gasteiger partial charge in [-0.05, 0) is 59.2 Å². The topological polar surface area (TPSA) is 56.5 Å². The Labute approximate surface area is 222 Å². The van der Waals surface area contributed by atoms with E-state index in [0.717, 1.165) is 39.2 Å². The summed E-state index contributed by atoms with van der Waals surface area (Å²) in [6, 6.07) is 23.6. The van der Waals surface area contributed by atoms with Crippen LogP contribution in [0.4, 0.5) is 4.39 Å². The van der Waals surface area contributed by atoms with E-state index in [0.29, 0.717) is 28.9 Å². The smallest absolute Gasteiger partial charge is 0.282 e. The Morgan fingerprint density at radius 3 is 2.73 bits per heavy atom. The van der Waals surface area contributed by atoms with Gasteiger partial charge in [0.05, 0.1) is 17.1 Å². The van der Waals surface area contributed by atoms with Crippen LogP contribution in [0.15, 0.2) is 93.2 Å². The second kappa shape index (κ2) is 11.0. The highest BCUT2D eigenvalue weighted by Gasteiger charge is 2.13. The summed E-state index contributed by atoms with van der Waals surface area (Å²) >= 11 is 3.45. The second-order valence-corrected chi connectivity index (χ2v) is 9.69. The van der Waals surface area contributed by atoms with Crippen molar-refractivity contribution in [2.24, 2.45) is 5.10 Å². The van der Waals surface area contributed by atoms with Crippen molar-refractivity contribution < 1.29 is 9.13 Å². The summed E-state index contributed by atoms with van der Waals surface area (Å²) in [5, 5.41) is 7.09. The van der Waals surface area contributed by atoms with Crippen molar-refractivity contribution in [1.82, 2.24) is 9.66 Å². The van der Waals surface area contributed by atoms with E-state index >= 15 is 0 Å². The van der Waals surface area contributed by atoms with Crippen molar-refractivity contribution in [1.29, 1.82) is 0 Å². The van der Waals surface area contributed by atoms with Gasteiger partial charge < -0.3 is 4.74 Å². The highest BCUT2D eigenvalue weighted by Crippen LogP contribution is 2.28. The Morgan fingerprint density at radius 2 is 1.89 bits per heavy atom. The molecule has 0 unspecified atom stereocenters. The number of aryl methyl sites for hydroxylation is 1. The maximum atomic E-state index is 13.7. The monoisotopic (exact) mass is 557 g/mol. The first-order chi connectivity index (χ1) is 18.0. The molecule has 5 aromatic rings. The van der Waals surface area contributed by atoms with Crippen molar-refractivity contribution in [2.75, 3.05) is 0 Å². The molecule has 0 bridgehead atoms. The van der Waals surface area contributed by atoms with Crippen molar-refractivity contribution >= 4 is 43.8 Å². The quantitative estimate of drug-likeness (QED) is 0.189. The summed E-state index contributed by atoms with van der Waals surface area (Å²) in [7, 11) is 0. The molecule has 0 fully saturated rings. The number of benzene rings is 4. The molecule has 0 N–H and O–H groups in total. The minimum atomic E-state index is -0.309. The Hall–Kier alpha value is -3.84. The molecule has 1 heterocycles. The highest BCUT2D eigenvalue weighted by atomic mass is 79.9. The van der Waals surface area contributed by atoms with Crippen molar-refractivity contribution in [2.45, 2.75) is 32.8 Å². The zero-order valence-corrected chi connectivity index (χ0v) is 21.9. The van der Waals surface area contributed by atoms with Crippen molar-refractivity contribution in [3.63, 3.8) is 0 Å². The zero-order valence-electron chi connectivity index (χ0n) is 20.3. The van der Waals surface area contributed by atoms with Crippen molar-refractivity contribution in [3.05, 3.63) is 116 Å². The van der Waals surface area contributed by atoms with Gasteiger partial charge in [0.15, 0.2) is 0 Å². The van der Waals surface area contributed by atoms with Gasteiger partial charge in [0.1, 0.15) is 24.0 Å². The summed E-state index contributed by atoms with van der Waals surface area (Å²) < 4.78 is 22.0. The zero-order chi connectivity index (χ0) is 25.8. The number of aromatic nitrogens is 2. The molecule has 0 radical (unpaired) electrons. The van der Waals surface area contributed by atoms with Gasteiger partial charge in [0, 0.05) is 16.5 Å². The fourth-order valence-electron chi connectivity index (χ4n) is 4.25. The first-order valence-corrected chi connectivity index (χ1v) is 13.0. The van der Waals surface area contributed by atoms with E-state index < -0.39 is 0 Å². The van der Waals surface area contributed by atoms with Crippen LogP contribution < -0.4 is 10.3 Å². The highest BCUT2D eigenvalue weighted by molar-refractivity contribution is 9.10. The molecule has 1 aromatic heterocycles. The molecule has 0 saturated heterocycles. The van der Waals surface area contributed by atoms with E-state index in [4.69, 9.17) is 9.72 Å². The second-order valence-electron chi connectivity index (χ2n) is 8.77. The van der Waals surface area contributed by atoms with Crippen LogP contribution in [0.2, 0.25) is 0 Å². The van der Waals surface area contributed by atoms with Crippen LogP contribution in [0.1, 0.15) is 36.7 Å². The summed E-state index contributed by atoms with van der Waals surface area (Å²) in [6.07, 6.45) is 4.15. The summed E-state index contributed by atoms with van der Waals surface area (Å²) in [4.78, 5) is 18.3. The average molecular weight is 558 g/mol. The first-order valence-electron chi connectivity index (χ1n) is 12.2. The van der Waals surface area contributed by atoms with Crippen LogP contribution in [-0.4, -0.2) is 15.9 Å². The molecule has 186 valence electrons. The lowest BCUT2D eigenvalue weighted by atomic mass is 10.0. The maximum absolute atomic E-state index is 13.7. The largest absolute Gasteiger partial charge is 0.488 e. The normalized spacial score (nSPS) is 11.5. The molecule has 0 atom stereocenters. The first kappa shape index (κ1) is 24.8. The fraction of sp³-hybridized carbons (Fsp3) is 0.167. The Bertz CT molecular complexity index is 1680. The molecule has 4 aromatic carbocycles. The van der Waals surface area contributed by atoms with Crippen molar-refractivity contribution in [3.8, 4) is 5.75 Å². The molecule has 0 spiro atoms. The van der Waals surface area contributed by atoms with Crippen LogP contribution in [0.3, 0.4) is 0 Å². The van der Waals surface area contributed by atoms with Gasteiger partial charge in [-0.2, -0.15) is 9.78 Å². The Kier molecular flexibility index (Phi) is 7.42. The van der Waals surface area contributed by atoms with E-state index in [1.54, 1.807) is 18.3 Å². The van der Waals surface area contributed by atoms with Gasteiger partial charge in [0.25, 0.3) is 5.56 Å². The molecule has 0 aliphatic heterocycles. The number of halogens is 2. The van der Waals surface area contributed by atoms with Gasteiger partial charge in [-0.15, -0.1) is 0 Å². The fourth-order valence-corrected chi connectivity index (χ4v) is 4.61. The molecule has 37 heavy (non-hydrogen) atoms. The summed E-state index contributed by atoms with van der Waals surface area (Å²) in [6.45, 7) is 2.30. The number of fused-ring (bicyclic) bond motifs is 2. The molecule has 0 amide bonds. The number of hydrogen-bond acceptors (Lipinski definition) is 4. The van der Waals surface area contributed by atoms with Crippen LogP contribution >= 0.6 is 15.9 Å². The molecular formula is C30H25BrFN3O2. The minimum Gasteiger partial charge on any atom is -0.488 e. The molecule has 5 nitrogen and oxygen atoms in total. The van der Waals surface area contributed by atoms with E-state index in [1.807, 2.05) is 54.6 Å². The standard InChI is InChI=1S/C30H25BrFN3O2/c1-2-3-11-29-34-27-14-13-22(31)17-25(27)30(36)35(29)33-18-26-24-10-5-4-8-21(24)12-15-28(26)37-19-20-7-6-9-23(32)16-20/h4-10,12-18H,2-3,11,19H2,1H3. The molecule has 0 aliphatic carbocycles. The van der Waals surface area contributed by atoms with Gasteiger partial charge in [-0.25, -0.2) is 9.37 Å². The molecular weight excluding hydrogens is 533 g/mol. The van der Waals surface area contributed by atoms with E-state index in [-0.39, 0.29) is 18.0 Å². The van der Waals surface area contributed by atoms with E-state index in [9.17, 15) is 9.18 Å². The van der Waals surface area contributed by atoms with Crippen LogP contribution in [0.25, 0.3) is 21.7 Å². The van der Waals surface area contributed by atoms with Crippen LogP contribution in [-0.2, 0) is 13.0 Å². The van der Waals surface area contributed by atoms with Crippen LogP contribution in [0, 0.1) is 5.82 Å². The lowest BCUT2D eigenvalue weighted by molar-refractivity contribution is 0.305. The lowest BCUT2D eigenvalue weighted by Crippen LogP contribution is -2.22. The SMILES string of the molecule is CCCCc1nc2ccc(Br)cc2c(=O)n1N=Cc1c(OCc2cccc(F)c2)ccc2ccccc12. The lowest BCUT2D eigenvalue weighted by Gasteiger charge is -2.13. The van der Waals surface area contributed by atoms with Gasteiger partial charge in [0.2, 0.25) is 0 Å². The van der Waals surface area contributed by atoms with Crippen LogP contribution in [0.5, 0.6) is 5.75 Å². The summed E-state index contributed by atoms with van der Waals surface area (Å²) in [5.74, 6) is 0.891.